The number of carboxylic acids is 1. The average Bonchev–Trinajstić information content (AvgIpc) is 3.41. The number of sulfonamides is 1. The molecule has 0 amide bonds. The highest BCUT2D eigenvalue weighted by Gasteiger charge is 2.41. The second kappa shape index (κ2) is 12.8. The van der Waals surface area contributed by atoms with Gasteiger partial charge in [0.25, 0.3) is 0 Å². The maximum atomic E-state index is 13.2. The Morgan fingerprint density at radius 3 is 2.24 bits per heavy atom. The smallest absolute Gasteiger partial charge is 0.416 e. The number of nitrogens with two attached hydrogens (primary N) is 1. The van der Waals surface area contributed by atoms with Gasteiger partial charge >= 0.3 is 12.1 Å². The summed E-state index contributed by atoms with van der Waals surface area (Å²) in [6, 6.07) is 18.0. The molecular weight excluding hydrogens is 589 g/mol. The molecule has 4 aromatic rings. The van der Waals surface area contributed by atoms with Crippen LogP contribution in [0, 0.1) is 0 Å². The van der Waals surface area contributed by atoms with E-state index in [1.165, 1.54) is 23.5 Å². The Morgan fingerprint density at radius 1 is 1.05 bits per heavy atom. The molecule has 0 saturated carbocycles. The van der Waals surface area contributed by atoms with Gasteiger partial charge in [-0.3, -0.25) is 4.79 Å². The molecule has 0 bridgehead atoms. The SMILES string of the molecule is CC(C)c1ccc(S(=O)(=O)N2CCN(c3nc4ccccc4s3)CC2C(=O)O)cc1.NCc1ccc(C(F)(F)F)cc1. The van der Waals surface area contributed by atoms with Gasteiger partial charge in [0.05, 0.1) is 20.7 Å². The van der Waals surface area contributed by atoms with Gasteiger partial charge in [-0.15, -0.1) is 0 Å². The number of aromatic nitrogens is 1. The third-order valence-electron chi connectivity index (χ3n) is 6.84. The Morgan fingerprint density at radius 2 is 1.69 bits per heavy atom. The zero-order valence-electron chi connectivity index (χ0n) is 23.0. The normalized spacial score (nSPS) is 16.4. The molecular formula is C29H31F3N4O4S2. The number of aliphatic carboxylic acids is 1. The molecule has 8 nitrogen and oxygen atoms in total. The molecule has 5 rings (SSSR count). The minimum absolute atomic E-state index is 0.0540. The van der Waals surface area contributed by atoms with Crippen LogP contribution in [-0.4, -0.2) is 54.5 Å². The number of fused-ring (bicyclic) bond motifs is 1. The predicted molar refractivity (Wildman–Crippen MR) is 157 cm³/mol. The third kappa shape index (κ3) is 7.09. The maximum Gasteiger partial charge on any atom is 0.416 e. The van der Waals surface area contributed by atoms with Crippen molar-refractivity contribution in [3.63, 3.8) is 0 Å². The fraction of sp³-hybridized carbons (Fsp3) is 0.310. The van der Waals surface area contributed by atoms with Gasteiger partial charge in [-0.1, -0.05) is 61.6 Å². The van der Waals surface area contributed by atoms with Crippen LogP contribution in [0.1, 0.15) is 36.5 Å². The van der Waals surface area contributed by atoms with Crippen LogP contribution in [0.15, 0.2) is 77.7 Å². The van der Waals surface area contributed by atoms with E-state index < -0.39 is 33.8 Å². The van der Waals surface area contributed by atoms with Gasteiger partial charge in [0, 0.05) is 26.2 Å². The quantitative estimate of drug-likeness (QED) is 0.290. The Kier molecular flexibility index (Phi) is 9.56. The molecule has 1 saturated heterocycles. The van der Waals surface area contributed by atoms with E-state index in [1.807, 2.05) is 43.0 Å². The number of carbonyl (C=O) groups is 1. The lowest BCUT2D eigenvalue weighted by Crippen LogP contribution is -2.58. The van der Waals surface area contributed by atoms with Crippen molar-refractivity contribution >= 4 is 42.7 Å². The highest BCUT2D eigenvalue weighted by Crippen LogP contribution is 2.32. The molecule has 0 aliphatic carbocycles. The van der Waals surface area contributed by atoms with E-state index in [0.717, 1.165) is 32.2 Å². The number of halogens is 3. The fourth-order valence-corrected chi connectivity index (χ4v) is 6.98. The summed E-state index contributed by atoms with van der Waals surface area (Å²) < 4.78 is 64.5. The fourth-order valence-electron chi connectivity index (χ4n) is 4.41. The van der Waals surface area contributed by atoms with Gasteiger partial charge in [0.15, 0.2) is 5.13 Å². The first-order chi connectivity index (χ1) is 19.8. The largest absolute Gasteiger partial charge is 0.480 e. The first-order valence-corrected chi connectivity index (χ1v) is 15.4. The number of anilines is 1. The van der Waals surface area contributed by atoms with Gasteiger partial charge in [-0.2, -0.15) is 17.5 Å². The summed E-state index contributed by atoms with van der Waals surface area (Å²) in [7, 11) is -3.92. The zero-order valence-corrected chi connectivity index (χ0v) is 24.6. The number of piperazine rings is 1. The van der Waals surface area contributed by atoms with E-state index in [1.54, 1.807) is 24.3 Å². The highest BCUT2D eigenvalue weighted by molar-refractivity contribution is 7.89. The van der Waals surface area contributed by atoms with Gasteiger partial charge in [0.1, 0.15) is 6.04 Å². The summed E-state index contributed by atoms with van der Waals surface area (Å²) in [4.78, 5) is 18.5. The lowest BCUT2D eigenvalue weighted by Gasteiger charge is -2.38. The number of hydrogen-bond donors (Lipinski definition) is 2. The Labute approximate surface area is 246 Å². The monoisotopic (exact) mass is 620 g/mol. The van der Waals surface area contributed by atoms with Crippen molar-refractivity contribution < 1.29 is 31.5 Å². The second-order valence-corrected chi connectivity index (χ2v) is 12.9. The number of nitrogens with zero attached hydrogens (tertiary/aromatic N) is 3. The number of benzene rings is 3. The first kappa shape index (κ1) is 31.4. The summed E-state index contributed by atoms with van der Waals surface area (Å²) in [5.74, 6) is -0.880. The van der Waals surface area contributed by atoms with Gasteiger partial charge < -0.3 is 15.7 Å². The zero-order chi connectivity index (χ0) is 30.7. The number of rotatable bonds is 6. The van der Waals surface area contributed by atoms with E-state index >= 15 is 0 Å². The minimum Gasteiger partial charge on any atom is -0.480 e. The minimum atomic E-state index is -4.26. The summed E-state index contributed by atoms with van der Waals surface area (Å²) in [5.41, 5.74) is 7.17. The van der Waals surface area contributed by atoms with Crippen molar-refractivity contribution in [3.05, 3.63) is 89.5 Å². The molecule has 1 atom stereocenters. The lowest BCUT2D eigenvalue weighted by atomic mass is 10.0. The summed E-state index contributed by atoms with van der Waals surface area (Å²) in [5, 5.41) is 10.5. The van der Waals surface area contributed by atoms with E-state index in [0.29, 0.717) is 17.2 Å². The topological polar surface area (TPSA) is 117 Å². The van der Waals surface area contributed by atoms with Gasteiger partial charge in [-0.05, 0) is 53.4 Å². The summed E-state index contributed by atoms with van der Waals surface area (Å²) >= 11 is 1.48. The third-order valence-corrected chi connectivity index (χ3v) is 9.86. The predicted octanol–water partition coefficient (Wildman–Crippen LogP) is 5.55. The molecule has 2 heterocycles. The van der Waals surface area contributed by atoms with Crippen LogP contribution in [0.2, 0.25) is 0 Å². The highest BCUT2D eigenvalue weighted by atomic mass is 32.2. The van der Waals surface area contributed by atoms with E-state index in [-0.39, 0.29) is 30.4 Å². The molecule has 13 heteroatoms. The van der Waals surface area contributed by atoms with Crippen molar-refractivity contribution in [2.45, 2.75) is 43.4 Å². The molecule has 42 heavy (non-hydrogen) atoms. The van der Waals surface area contributed by atoms with Gasteiger partial charge in [0.2, 0.25) is 10.0 Å². The van der Waals surface area contributed by atoms with Crippen LogP contribution in [0.25, 0.3) is 10.2 Å². The van der Waals surface area contributed by atoms with Crippen LogP contribution in [0.4, 0.5) is 18.3 Å². The molecule has 1 aromatic heterocycles. The molecule has 0 spiro atoms. The number of carboxylic acid groups (broad SMARTS) is 1. The number of para-hydroxylation sites is 1. The first-order valence-electron chi connectivity index (χ1n) is 13.1. The van der Waals surface area contributed by atoms with E-state index in [4.69, 9.17) is 5.73 Å². The van der Waals surface area contributed by atoms with Crippen LogP contribution < -0.4 is 10.6 Å². The molecule has 0 radical (unpaired) electrons. The maximum absolute atomic E-state index is 13.2. The van der Waals surface area contributed by atoms with Crippen molar-refractivity contribution in [2.24, 2.45) is 5.73 Å². The van der Waals surface area contributed by atoms with Crippen LogP contribution >= 0.6 is 11.3 Å². The van der Waals surface area contributed by atoms with Crippen molar-refractivity contribution in [1.29, 1.82) is 0 Å². The lowest BCUT2D eigenvalue weighted by molar-refractivity contribution is -0.141. The second-order valence-electron chi connectivity index (χ2n) is 10.0. The van der Waals surface area contributed by atoms with Crippen molar-refractivity contribution in [3.8, 4) is 0 Å². The molecule has 3 aromatic carbocycles. The Hall–Kier alpha value is -3.52. The number of hydrogen-bond acceptors (Lipinski definition) is 7. The van der Waals surface area contributed by atoms with E-state index in [9.17, 15) is 31.5 Å². The molecule has 1 unspecified atom stereocenters. The Bertz CT molecular complexity index is 1590. The van der Waals surface area contributed by atoms with Crippen LogP contribution in [0.3, 0.4) is 0 Å². The average molecular weight is 621 g/mol. The van der Waals surface area contributed by atoms with Crippen LogP contribution in [-0.2, 0) is 27.5 Å². The van der Waals surface area contributed by atoms with Crippen molar-refractivity contribution in [1.82, 2.24) is 9.29 Å². The molecule has 224 valence electrons. The van der Waals surface area contributed by atoms with Crippen LogP contribution in [0.5, 0.6) is 0 Å². The standard InChI is InChI=1S/C21H23N3O4S2.C8H8F3N/c1-14(2)15-7-9-16(10-8-15)30(27,28)24-12-11-23(13-18(24)20(25)26)21-22-17-5-3-4-6-19(17)29-21;9-8(10,11)7-3-1-6(5-12)2-4-7/h3-10,14,18H,11-13H2,1-2H3,(H,25,26);1-4H,5,12H2. The van der Waals surface area contributed by atoms with E-state index in [2.05, 4.69) is 4.98 Å². The molecule has 1 aliphatic heterocycles. The van der Waals surface area contributed by atoms with Gasteiger partial charge in [-0.25, -0.2) is 13.4 Å². The Balaban J connectivity index is 0.000000283. The summed E-state index contributed by atoms with van der Waals surface area (Å²) in [6.45, 7) is 4.85. The number of thiazole rings is 1. The summed E-state index contributed by atoms with van der Waals surface area (Å²) in [6.07, 6.45) is -4.26. The molecule has 1 fully saturated rings. The molecule has 3 N–H and O–H groups in total. The van der Waals surface area contributed by atoms with Crippen molar-refractivity contribution in [2.75, 3.05) is 24.5 Å². The molecule has 1 aliphatic rings. The number of alkyl halides is 3.